The molecule has 3 rings (SSSR count). The van der Waals surface area contributed by atoms with Gasteiger partial charge in [-0.3, -0.25) is 9.48 Å². The van der Waals surface area contributed by atoms with Crippen molar-refractivity contribution in [2.45, 2.75) is 25.6 Å². The lowest BCUT2D eigenvalue weighted by atomic mass is 9.93. The molecule has 0 unspecified atom stereocenters. The summed E-state index contributed by atoms with van der Waals surface area (Å²) in [6.45, 7) is 6.04. The fraction of sp³-hybridized carbons (Fsp3) is 0.417. The number of benzene rings is 1. The average molecular weight is 459 g/mol. The molecular weight excluding hydrogens is 428 g/mol. The monoisotopic (exact) mass is 458 g/mol. The summed E-state index contributed by atoms with van der Waals surface area (Å²) in [5, 5.41) is 8.81. The van der Waals surface area contributed by atoms with E-state index in [4.69, 9.17) is 24.1 Å². The van der Waals surface area contributed by atoms with E-state index in [0.717, 1.165) is 11.4 Å². The third-order valence-electron chi connectivity index (χ3n) is 5.33. The van der Waals surface area contributed by atoms with E-state index in [1.165, 1.54) is 6.08 Å². The molecule has 0 bridgehead atoms. The summed E-state index contributed by atoms with van der Waals surface area (Å²) < 4.78 is 25.2. The fourth-order valence-electron chi connectivity index (χ4n) is 3.73. The van der Waals surface area contributed by atoms with Crippen LogP contribution in [0.25, 0.3) is 5.69 Å². The molecule has 2 atom stereocenters. The third-order valence-corrected chi connectivity index (χ3v) is 5.33. The number of aliphatic hydroxyl groups is 1. The topological polar surface area (TPSA) is 101 Å². The van der Waals surface area contributed by atoms with Gasteiger partial charge in [-0.2, -0.15) is 0 Å². The van der Waals surface area contributed by atoms with Gasteiger partial charge in [0.1, 0.15) is 6.61 Å². The van der Waals surface area contributed by atoms with Gasteiger partial charge in [-0.1, -0.05) is 30.9 Å². The lowest BCUT2D eigenvalue weighted by Crippen LogP contribution is -2.31. The van der Waals surface area contributed by atoms with Crippen molar-refractivity contribution < 1.29 is 28.8 Å². The molecule has 1 aliphatic rings. The van der Waals surface area contributed by atoms with Gasteiger partial charge in [0.05, 0.1) is 32.1 Å². The van der Waals surface area contributed by atoms with Crippen LogP contribution in [0, 0.1) is 6.92 Å². The maximum absolute atomic E-state index is 13.5. The maximum Gasteiger partial charge on any atom is 0.373 e. The molecule has 9 nitrogen and oxygen atoms in total. The minimum absolute atomic E-state index is 0.0108. The highest BCUT2D eigenvalue weighted by atomic mass is 16.7. The zero-order valence-electron chi connectivity index (χ0n) is 18.9. The molecule has 33 heavy (non-hydrogen) atoms. The molecule has 0 saturated heterocycles. The standard InChI is InChI=1S/C24H30N2O7/c1-4-11-32-24(29)20-15-18(16-21(33-20)31-14-13-30-12-10-27)22-17(2)25(3)26(23(22)28)19-8-6-5-7-9-19/h4-9,15,18,21,27H,1,10-14,16H2,2-3H3/t18-,21+/m0/s1. The van der Waals surface area contributed by atoms with Crippen LogP contribution in [0.15, 0.2) is 59.6 Å². The first-order valence-electron chi connectivity index (χ1n) is 10.8. The number of allylic oxidation sites excluding steroid dienone is 1. The Morgan fingerprint density at radius 3 is 2.73 bits per heavy atom. The lowest BCUT2D eigenvalue weighted by Gasteiger charge is -2.28. The SMILES string of the molecule is C=CCOC(=O)C1=C[C@H](c2c(C)n(C)n(-c3ccccc3)c2=O)C[C@H](OCCOCCO)O1. The number of nitrogens with zero attached hydrogens (tertiary/aromatic N) is 2. The van der Waals surface area contributed by atoms with Crippen molar-refractivity contribution in [2.75, 3.05) is 33.0 Å². The zero-order valence-corrected chi connectivity index (χ0v) is 18.9. The quantitative estimate of drug-likeness (QED) is 0.312. The minimum Gasteiger partial charge on any atom is -0.458 e. The second-order valence-electron chi connectivity index (χ2n) is 7.49. The molecule has 178 valence electrons. The van der Waals surface area contributed by atoms with Crippen molar-refractivity contribution in [2.24, 2.45) is 7.05 Å². The number of carbonyl (C=O) groups excluding carboxylic acids is 1. The number of para-hydroxylation sites is 1. The van der Waals surface area contributed by atoms with E-state index in [1.807, 2.05) is 44.3 Å². The summed E-state index contributed by atoms with van der Waals surface area (Å²) in [5.74, 6) is -1.08. The van der Waals surface area contributed by atoms with E-state index in [1.54, 1.807) is 15.4 Å². The molecular formula is C24H30N2O7. The van der Waals surface area contributed by atoms with Crippen molar-refractivity contribution in [1.82, 2.24) is 9.36 Å². The van der Waals surface area contributed by atoms with Crippen molar-refractivity contribution >= 4 is 5.97 Å². The third kappa shape index (κ3) is 5.81. The van der Waals surface area contributed by atoms with Gasteiger partial charge in [-0.15, -0.1) is 0 Å². The highest BCUT2D eigenvalue weighted by molar-refractivity contribution is 5.86. The number of carbonyl (C=O) groups is 1. The number of esters is 1. The van der Waals surface area contributed by atoms with E-state index < -0.39 is 18.2 Å². The molecule has 2 aromatic rings. The lowest BCUT2D eigenvalue weighted by molar-refractivity contribution is -0.163. The maximum atomic E-state index is 13.5. The number of aromatic nitrogens is 2. The van der Waals surface area contributed by atoms with Crippen molar-refractivity contribution in [3.05, 3.63) is 76.4 Å². The van der Waals surface area contributed by atoms with Gasteiger partial charge in [0.25, 0.3) is 5.56 Å². The van der Waals surface area contributed by atoms with Gasteiger partial charge in [0.15, 0.2) is 0 Å². The number of rotatable bonds is 11. The number of hydrogen-bond donors (Lipinski definition) is 1. The average Bonchev–Trinajstić information content (AvgIpc) is 3.05. The van der Waals surface area contributed by atoms with Gasteiger partial charge in [0.2, 0.25) is 12.0 Å². The molecule has 0 radical (unpaired) electrons. The van der Waals surface area contributed by atoms with Crippen LogP contribution in [0.1, 0.15) is 23.6 Å². The molecule has 2 heterocycles. The minimum atomic E-state index is -0.770. The predicted octanol–water partition coefficient (Wildman–Crippen LogP) is 1.95. The van der Waals surface area contributed by atoms with Crippen molar-refractivity contribution in [3.8, 4) is 5.69 Å². The molecule has 0 fully saturated rings. The van der Waals surface area contributed by atoms with E-state index in [9.17, 15) is 9.59 Å². The Kier molecular flexibility index (Phi) is 8.65. The zero-order chi connectivity index (χ0) is 23.8. The Morgan fingerprint density at radius 1 is 1.27 bits per heavy atom. The molecule has 0 spiro atoms. The van der Waals surface area contributed by atoms with Crippen LogP contribution in [-0.2, 0) is 30.8 Å². The Balaban J connectivity index is 1.91. The van der Waals surface area contributed by atoms with Gasteiger partial charge >= 0.3 is 5.97 Å². The number of hydrogen-bond acceptors (Lipinski definition) is 7. The summed E-state index contributed by atoms with van der Waals surface area (Å²) >= 11 is 0. The summed E-state index contributed by atoms with van der Waals surface area (Å²) in [5.41, 5.74) is 1.91. The van der Waals surface area contributed by atoms with Gasteiger partial charge < -0.3 is 24.1 Å². The molecule has 0 amide bonds. The predicted molar refractivity (Wildman–Crippen MR) is 121 cm³/mol. The number of aliphatic hydroxyl groups excluding tert-OH is 1. The normalized spacial score (nSPS) is 17.8. The molecule has 1 aliphatic heterocycles. The summed E-state index contributed by atoms with van der Waals surface area (Å²) in [7, 11) is 1.82. The first-order valence-corrected chi connectivity index (χ1v) is 10.8. The smallest absolute Gasteiger partial charge is 0.373 e. The molecule has 0 saturated carbocycles. The summed E-state index contributed by atoms with van der Waals surface area (Å²) in [6.07, 6.45) is 2.65. The van der Waals surface area contributed by atoms with E-state index in [0.29, 0.717) is 12.0 Å². The van der Waals surface area contributed by atoms with E-state index in [2.05, 4.69) is 6.58 Å². The van der Waals surface area contributed by atoms with Crippen LogP contribution in [0.3, 0.4) is 0 Å². The van der Waals surface area contributed by atoms with Crippen LogP contribution < -0.4 is 5.56 Å². The molecule has 1 N–H and O–H groups in total. The van der Waals surface area contributed by atoms with E-state index >= 15 is 0 Å². The Bertz CT molecular complexity index is 1040. The summed E-state index contributed by atoms with van der Waals surface area (Å²) in [6, 6.07) is 9.35. The molecule has 0 aliphatic carbocycles. The first kappa shape index (κ1) is 24.5. The van der Waals surface area contributed by atoms with Crippen LogP contribution in [0.4, 0.5) is 0 Å². The first-order chi connectivity index (χ1) is 16.0. The molecule has 1 aromatic carbocycles. The van der Waals surface area contributed by atoms with Gasteiger partial charge in [-0.05, 0) is 25.1 Å². The van der Waals surface area contributed by atoms with Crippen LogP contribution in [0.2, 0.25) is 0 Å². The fourth-order valence-corrected chi connectivity index (χ4v) is 3.73. The largest absolute Gasteiger partial charge is 0.458 e. The van der Waals surface area contributed by atoms with Crippen LogP contribution in [-0.4, -0.2) is 59.8 Å². The Morgan fingerprint density at radius 2 is 2.03 bits per heavy atom. The van der Waals surface area contributed by atoms with Crippen LogP contribution in [0.5, 0.6) is 0 Å². The number of ether oxygens (including phenoxy) is 4. The Hall–Kier alpha value is -3.14. The molecule has 1 aromatic heterocycles. The Labute approximate surface area is 192 Å². The highest BCUT2D eigenvalue weighted by Gasteiger charge is 2.33. The highest BCUT2D eigenvalue weighted by Crippen LogP contribution is 2.32. The van der Waals surface area contributed by atoms with E-state index in [-0.39, 0.29) is 44.4 Å². The van der Waals surface area contributed by atoms with Crippen molar-refractivity contribution in [3.63, 3.8) is 0 Å². The second-order valence-corrected chi connectivity index (χ2v) is 7.49. The summed E-state index contributed by atoms with van der Waals surface area (Å²) in [4.78, 5) is 26.0. The second kappa shape index (κ2) is 11.6. The van der Waals surface area contributed by atoms with Crippen LogP contribution >= 0.6 is 0 Å². The van der Waals surface area contributed by atoms with Gasteiger partial charge in [0, 0.05) is 30.6 Å². The van der Waals surface area contributed by atoms with Crippen molar-refractivity contribution in [1.29, 1.82) is 0 Å². The molecule has 9 heteroatoms. The van der Waals surface area contributed by atoms with Gasteiger partial charge in [-0.25, -0.2) is 9.48 Å².